The van der Waals surface area contributed by atoms with Crippen molar-refractivity contribution in [2.45, 2.75) is 0 Å². The first-order valence-corrected chi connectivity index (χ1v) is 19.1. The predicted octanol–water partition coefficient (Wildman–Crippen LogP) is 12.0. The fourth-order valence-corrected chi connectivity index (χ4v) is 8.87. The molecular weight excluding hydrogens is 711 g/mol. The standard InChI is InChI=1S/C51H31N7/c52-28-40-45(33-12-8-24-53-29-33)47(35-14-10-26-55-31-35)51(48(36-15-11-27-56-32-36)46(40)34-13-9-25-54-30-34)58-42-21-7-5-19-39(42)50-44(58)23-22-43-49(50)38-18-4-6-20-41(38)57(43)37-16-2-1-3-17-37/h1-27,29-32H. The molecule has 0 aliphatic rings. The van der Waals surface area contributed by atoms with Crippen LogP contribution in [0, 0.1) is 11.3 Å². The molecule has 0 unspecified atom stereocenters. The second kappa shape index (κ2) is 13.5. The Hall–Kier alpha value is -8.21. The van der Waals surface area contributed by atoms with Gasteiger partial charge in [-0.2, -0.15) is 5.26 Å². The Morgan fingerprint density at radius 1 is 0.379 bits per heavy atom. The Morgan fingerprint density at radius 2 is 0.793 bits per heavy atom. The molecule has 7 heteroatoms. The maximum atomic E-state index is 11.4. The van der Waals surface area contributed by atoms with E-state index in [2.05, 4.69) is 138 Å². The number of pyridine rings is 4. The fraction of sp³-hybridized carbons (Fsp3) is 0. The zero-order valence-corrected chi connectivity index (χ0v) is 31.0. The van der Waals surface area contributed by atoms with Gasteiger partial charge in [0.05, 0.1) is 33.3 Å². The summed E-state index contributed by atoms with van der Waals surface area (Å²) >= 11 is 0. The van der Waals surface area contributed by atoms with Crippen LogP contribution >= 0.6 is 0 Å². The fourth-order valence-electron chi connectivity index (χ4n) is 8.87. The highest BCUT2D eigenvalue weighted by molar-refractivity contribution is 6.29. The molecule has 11 aromatic rings. The van der Waals surface area contributed by atoms with Crippen LogP contribution in [0.3, 0.4) is 0 Å². The quantitative estimate of drug-likeness (QED) is 0.169. The maximum Gasteiger partial charge on any atom is 0.100 e. The minimum atomic E-state index is 0.511. The van der Waals surface area contributed by atoms with Gasteiger partial charge < -0.3 is 9.13 Å². The van der Waals surface area contributed by atoms with E-state index in [0.717, 1.165) is 88.7 Å². The summed E-state index contributed by atoms with van der Waals surface area (Å²) in [5.41, 5.74) is 13.4. The van der Waals surface area contributed by atoms with Gasteiger partial charge in [0.2, 0.25) is 0 Å². The third kappa shape index (κ3) is 4.99. The SMILES string of the molecule is N#Cc1c(-c2cccnc2)c(-c2cccnc2)c(-n2c3ccccc3c3c4c5ccccc5n(-c5ccccc5)c4ccc32)c(-c2cccnc2)c1-c1cccnc1. The molecule has 7 nitrogen and oxygen atoms in total. The minimum Gasteiger partial charge on any atom is -0.309 e. The van der Waals surface area contributed by atoms with E-state index in [-0.39, 0.29) is 0 Å². The van der Waals surface area contributed by atoms with Crippen molar-refractivity contribution in [2.24, 2.45) is 0 Å². The monoisotopic (exact) mass is 741 g/mol. The molecule has 6 aromatic heterocycles. The van der Waals surface area contributed by atoms with Crippen molar-refractivity contribution in [2.75, 3.05) is 0 Å². The number of rotatable bonds is 6. The second-order valence-corrected chi connectivity index (χ2v) is 14.2. The lowest BCUT2D eigenvalue weighted by molar-refractivity contribution is 1.17. The van der Waals surface area contributed by atoms with E-state index in [1.54, 1.807) is 24.8 Å². The minimum absolute atomic E-state index is 0.511. The largest absolute Gasteiger partial charge is 0.309 e. The molecule has 0 amide bonds. The van der Waals surface area contributed by atoms with Gasteiger partial charge in [-0.15, -0.1) is 0 Å². The van der Waals surface area contributed by atoms with Gasteiger partial charge in [0, 0.05) is 121 Å². The summed E-state index contributed by atoms with van der Waals surface area (Å²) in [5.74, 6) is 0. The molecule has 6 heterocycles. The zero-order valence-electron chi connectivity index (χ0n) is 31.0. The Bertz CT molecular complexity index is 3260. The lowest BCUT2D eigenvalue weighted by atomic mass is 9.80. The molecule has 0 aliphatic heterocycles. The van der Waals surface area contributed by atoms with E-state index in [1.165, 1.54) is 10.8 Å². The van der Waals surface area contributed by atoms with Crippen LogP contribution in [0.5, 0.6) is 0 Å². The van der Waals surface area contributed by atoms with Crippen LogP contribution in [-0.2, 0) is 0 Å². The van der Waals surface area contributed by atoms with Crippen molar-refractivity contribution in [1.82, 2.24) is 29.1 Å². The Balaban J connectivity index is 1.42. The van der Waals surface area contributed by atoms with Crippen molar-refractivity contribution in [1.29, 1.82) is 5.26 Å². The topological polar surface area (TPSA) is 85.2 Å². The number of benzene rings is 5. The molecule has 58 heavy (non-hydrogen) atoms. The molecule has 0 N–H and O–H groups in total. The lowest BCUT2D eigenvalue weighted by Gasteiger charge is -2.26. The van der Waals surface area contributed by atoms with Crippen LogP contribution in [0.25, 0.3) is 99.5 Å². The Morgan fingerprint density at radius 3 is 1.24 bits per heavy atom. The zero-order chi connectivity index (χ0) is 38.6. The van der Waals surface area contributed by atoms with Gasteiger partial charge >= 0.3 is 0 Å². The molecule has 0 saturated heterocycles. The van der Waals surface area contributed by atoms with E-state index >= 15 is 0 Å². The highest BCUT2D eigenvalue weighted by Gasteiger charge is 2.31. The average molecular weight is 742 g/mol. The van der Waals surface area contributed by atoms with E-state index in [4.69, 9.17) is 0 Å². The summed E-state index contributed by atoms with van der Waals surface area (Å²) in [7, 11) is 0. The van der Waals surface area contributed by atoms with Crippen molar-refractivity contribution in [3.63, 3.8) is 0 Å². The van der Waals surface area contributed by atoms with Gasteiger partial charge in [-0.3, -0.25) is 19.9 Å². The molecular formula is C51H31N7. The van der Waals surface area contributed by atoms with Crippen molar-refractivity contribution >= 4 is 43.6 Å². The van der Waals surface area contributed by atoms with E-state index < -0.39 is 0 Å². The van der Waals surface area contributed by atoms with Gasteiger partial charge in [-0.25, -0.2) is 0 Å². The molecule has 0 radical (unpaired) electrons. The maximum absolute atomic E-state index is 11.4. The summed E-state index contributed by atoms with van der Waals surface area (Å²) in [4.78, 5) is 18.5. The number of hydrogen-bond acceptors (Lipinski definition) is 5. The molecule has 0 fully saturated rings. The molecule has 0 aliphatic carbocycles. The van der Waals surface area contributed by atoms with E-state index in [9.17, 15) is 5.26 Å². The summed E-state index contributed by atoms with van der Waals surface area (Å²) in [5, 5.41) is 16.0. The van der Waals surface area contributed by atoms with Crippen molar-refractivity contribution in [3.05, 3.63) is 195 Å². The van der Waals surface area contributed by atoms with E-state index in [0.29, 0.717) is 5.56 Å². The smallest absolute Gasteiger partial charge is 0.100 e. The van der Waals surface area contributed by atoms with Crippen LogP contribution in [0.2, 0.25) is 0 Å². The number of para-hydroxylation sites is 3. The van der Waals surface area contributed by atoms with Crippen molar-refractivity contribution < 1.29 is 0 Å². The summed E-state index contributed by atoms with van der Waals surface area (Å²) in [6, 6.07) is 51.0. The van der Waals surface area contributed by atoms with Crippen molar-refractivity contribution in [3.8, 4) is 62.0 Å². The van der Waals surface area contributed by atoms with E-state index in [1.807, 2.05) is 61.2 Å². The van der Waals surface area contributed by atoms with Crippen LogP contribution in [0.4, 0.5) is 0 Å². The molecule has 5 aromatic carbocycles. The summed E-state index contributed by atoms with van der Waals surface area (Å²) in [6.45, 7) is 0. The van der Waals surface area contributed by atoms with Gasteiger partial charge in [0.15, 0.2) is 0 Å². The number of nitrogens with zero attached hydrogens (tertiary/aromatic N) is 7. The highest BCUT2D eigenvalue weighted by atomic mass is 15.0. The van der Waals surface area contributed by atoms with Crippen LogP contribution in [0.1, 0.15) is 5.56 Å². The molecule has 0 spiro atoms. The van der Waals surface area contributed by atoms with Gasteiger partial charge in [-0.1, -0.05) is 78.9 Å². The molecule has 0 bridgehead atoms. The number of nitriles is 1. The molecule has 0 saturated carbocycles. The number of fused-ring (bicyclic) bond motifs is 7. The third-order valence-electron chi connectivity index (χ3n) is 11.1. The number of aromatic nitrogens is 6. The molecule has 0 atom stereocenters. The average Bonchev–Trinajstić information content (AvgIpc) is 3.82. The lowest BCUT2D eigenvalue weighted by Crippen LogP contribution is -2.07. The molecule has 270 valence electrons. The normalized spacial score (nSPS) is 11.4. The first-order chi connectivity index (χ1) is 28.8. The second-order valence-electron chi connectivity index (χ2n) is 14.2. The first kappa shape index (κ1) is 33.2. The summed E-state index contributed by atoms with van der Waals surface area (Å²) < 4.78 is 4.76. The predicted molar refractivity (Wildman–Crippen MR) is 233 cm³/mol. The Labute approximate surface area is 333 Å². The van der Waals surface area contributed by atoms with Crippen LogP contribution in [-0.4, -0.2) is 29.1 Å². The van der Waals surface area contributed by atoms with Gasteiger partial charge in [0.25, 0.3) is 0 Å². The van der Waals surface area contributed by atoms with Crippen LogP contribution in [0.15, 0.2) is 189 Å². The molecule has 11 rings (SSSR count). The highest BCUT2D eigenvalue weighted by Crippen LogP contribution is 2.52. The Kier molecular flexibility index (Phi) is 7.73. The third-order valence-corrected chi connectivity index (χ3v) is 11.1. The van der Waals surface area contributed by atoms with Crippen LogP contribution < -0.4 is 0 Å². The van der Waals surface area contributed by atoms with Gasteiger partial charge in [0.1, 0.15) is 6.07 Å². The number of hydrogen-bond donors (Lipinski definition) is 0. The van der Waals surface area contributed by atoms with Gasteiger partial charge in [-0.05, 0) is 60.7 Å². The summed E-state index contributed by atoms with van der Waals surface area (Å²) in [6.07, 6.45) is 14.5. The first-order valence-electron chi connectivity index (χ1n) is 19.1.